The highest BCUT2D eigenvalue weighted by molar-refractivity contribution is 8.00. The van der Waals surface area contributed by atoms with Crippen LogP contribution in [0.5, 0.6) is 11.5 Å². The number of carbonyl (C=O) groups is 2. The van der Waals surface area contributed by atoms with Gasteiger partial charge in [0.15, 0.2) is 15.8 Å². The van der Waals surface area contributed by atoms with E-state index in [0.717, 1.165) is 5.39 Å². The summed E-state index contributed by atoms with van der Waals surface area (Å²) in [7, 11) is 2.99. The van der Waals surface area contributed by atoms with Crippen molar-refractivity contribution in [3.63, 3.8) is 0 Å². The summed E-state index contributed by atoms with van der Waals surface area (Å²) in [5.74, 6) is -0.344. The minimum Gasteiger partial charge on any atom is -0.507 e. The highest BCUT2D eigenvalue weighted by Crippen LogP contribution is 2.45. The van der Waals surface area contributed by atoms with Crippen molar-refractivity contribution in [2.24, 2.45) is 0 Å². The Balaban J connectivity index is 1.35. The Morgan fingerprint density at radius 1 is 0.976 bits per heavy atom. The van der Waals surface area contributed by atoms with E-state index in [2.05, 4.69) is 34.5 Å². The number of methoxy groups -OCH3 is 2. The van der Waals surface area contributed by atoms with Crippen molar-refractivity contribution in [3.05, 3.63) is 99.8 Å². The summed E-state index contributed by atoms with van der Waals surface area (Å²) >= 11 is 4.14. The van der Waals surface area contributed by atoms with Crippen LogP contribution in [0.3, 0.4) is 0 Å². The molecule has 1 amide bonds. The van der Waals surface area contributed by atoms with E-state index >= 15 is 0 Å². The van der Waals surface area contributed by atoms with Crippen LogP contribution in [0, 0.1) is 0 Å². The number of fused-ring (bicyclic) bond motifs is 1. The van der Waals surface area contributed by atoms with Crippen LogP contribution in [0.2, 0.25) is 0 Å². The summed E-state index contributed by atoms with van der Waals surface area (Å²) in [6.45, 7) is 0. The second-order valence-corrected chi connectivity index (χ2v) is 12.2. The van der Waals surface area contributed by atoms with Gasteiger partial charge in [0.1, 0.15) is 11.8 Å². The zero-order valence-electron chi connectivity index (χ0n) is 21.9. The maximum absolute atomic E-state index is 13.4. The number of ether oxygens (including phenoxy) is 2. The lowest BCUT2D eigenvalue weighted by molar-refractivity contribution is -0.132. The Labute approximate surface area is 247 Å². The van der Waals surface area contributed by atoms with Gasteiger partial charge in [0.2, 0.25) is 5.13 Å². The van der Waals surface area contributed by atoms with Crippen LogP contribution in [0.1, 0.15) is 22.0 Å². The van der Waals surface area contributed by atoms with Crippen LogP contribution in [0.15, 0.2) is 88.1 Å². The zero-order chi connectivity index (χ0) is 28.5. The topological polar surface area (TPSA) is 102 Å². The molecule has 0 spiro atoms. The number of anilines is 1. The second kappa shape index (κ2) is 11.4. The molecule has 8 nitrogen and oxygen atoms in total. The molecule has 1 unspecified atom stereocenters. The van der Waals surface area contributed by atoms with E-state index in [4.69, 9.17) is 9.47 Å². The molecule has 1 atom stereocenters. The maximum atomic E-state index is 13.4. The Morgan fingerprint density at radius 2 is 1.78 bits per heavy atom. The minimum absolute atomic E-state index is 0.0233. The van der Waals surface area contributed by atoms with Crippen molar-refractivity contribution >= 4 is 67.8 Å². The molecule has 206 valence electrons. The van der Waals surface area contributed by atoms with Gasteiger partial charge in [-0.05, 0) is 46.0 Å². The molecule has 0 radical (unpaired) electrons. The molecule has 5 aromatic rings. The lowest BCUT2D eigenvalue weighted by atomic mass is 9.99. The van der Waals surface area contributed by atoms with Gasteiger partial charge in [0.05, 0.1) is 19.8 Å². The van der Waals surface area contributed by atoms with Gasteiger partial charge in [-0.25, -0.2) is 0 Å². The number of hydrogen-bond acceptors (Lipinski definition) is 10. The zero-order valence-corrected chi connectivity index (χ0v) is 24.4. The van der Waals surface area contributed by atoms with Gasteiger partial charge < -0.3 is 14.6 Å². The first-order valence-corrected chi connectivity index (χ1v) is 15.2. The Hall–Kier alpha value is -4.19. The van der Waals surface area contributed by atoms with Gasteiger partial charge in [-0.3, -0.25) is 14.5 Å². The molecule has 0 bridgehead atoms. The first-order valence-electron chi connectivity index (χ1n) is 12.5. The predicted octanol–water partition coefficient (Wildman–Crippen LogP) is 6.69. The summed E-state index contributed by atoms with van der Waals surface area (Å²) in [5, 5.41) is 24.5. The van der Waals surface area contributed by atoms with Crippen LogP contribution in [0.4, 0.5) is 5.13 Å². The molecule has 6 rings (SSSR count). The third-order valence-electron chi connectivity index (χ3n) is 6.75. The number of aliphatic hydroxyl groups is 1. The number of carbonyl (C=O) groups excluding carboxylic acids is 2. The Kier molecular flexibility index (Phi) is 7.48. The summed E-state index contributed by atoms with van der Waals surface area (Å²) in [5.41, 5.74) is 1.47. The number of nitrogens with zero attached hydrogens (tertiary/aromatic N) is 3. The average Bonchev–Trinajstić information content (AvgIpc) is 3.76. The van der Waals surface area contributed by atoms with Gasteiger partial charge >= 0.3 is 5.91 Å². The SMILES string of the molecule is COc1ccc(/C(O)=C2\C(=O)C(=O)N(c3nnc(SCc4cccc5ccccc45)s3)C2c2cccs2)cc1OC. The Morgan fingerprint density at radius 3 is 2.56 bits per heavy atom. The molecule has 11 heteroatoms. The lowest BCUT2D eigenvalue weighted by Crippen LogP contribution is -2.29. The average molecular weight is 602 g/mol. The number of aliphatic hydroxyl groups excluding tert-OH is 1. The van der Waals surface area contributed by atoms with Gasteiger partial charge in [-0.1, -0.05) is 71.6 Å². The molecular weight excluding hydrogens is 579 g/mol. The number of aromatic nitrogens is 2. The van der Waals surface area contributed by atoms with E-state index in [9.17, 15) is 14.7 Å². The van der Waals surface area contributed by atoms with Crippen molar-refractivity contribution in [2.45, 2.75) is 16.1 Å². The summed E-state index contributed by atoms with van der Waals surface area (Å²) in [6, 6.07) is 22.0. The Bertz CT molecular complexity index is 1790. The van der Waals surface area contributed by atoms with E-state index in [0.29, 0.717) is 32.0 Å². The van der Waals surface area contributed by atoms with E-state index in [1.807, 2.05) is 35.7 Å². The number of hydrogen-bond donors (Lipinski definition) is 1. The monoisotopic (exact) mass is 601 g/mol. The van der Waals surface area contributed by atoms with Crippen LogP contribution >= 0.6 is 34.4 Å². The van der Waals surface area contributed by atoms with Crippen molar-refractivity contribution in [2.75, 3.05) is 19.1 Å². The molecule has 3 heterocycles. The predicted molar refractivity (Wildman–Crippen MR) is 162 cm³/mol. The number of thioether (sulfide) groups is 1. The van der Waals surface area contributed by atoms with Crippen molar-refractivity contribution in [1.82, 2.24) is 10.2 Å². The van der Waals surface area contributed by atoms with Crippen LogP contribution in [-0.4, -0.2) is 41.2 Å². The van der Waals surface area contributed by atoms with Gasteiger partial charge in [-0.15, -0.1) is 21.5 Å². The fraction of sp³-hybridized carbons (Fsp3) is 0.133. The van der Waals surface area contributed by atoms with Gasteiger partial charge in [0.25, 0.3) is 5.78 Å². The maximum Gasteiger partial charge on any atom is 0.301 e. The third-order valence-corrected chi connectivity index (χ3v) is 9.78. The van der Waals surface area contributed by atoms with E-state index in [-0.39, 0.29) is 16.5 Å². The van der Waals surface area contributed by atoms with E-state index in [1.165, 1.54) is 64.5 Å². The molecular formula is C30H23N3O5S3. The number of ketones is 1. The third kappa shape index (κ3) is 4.96. The van der Waals surface area contributed by atoms with Crippen molar-refractivity contribution in [3.8, 4) is 11.5 Å². The molecule has 1 aliphatic heterocycles. The number of benzene rings is 3. The standard InChI is InChI=1S/C30H23N3O5S3/c1-37-21-13-12-18(15-22(21)38-2)26(34)24-25(23-11-6-14-39-23)33(28(36)27(24)35)29-31-32-30(41-29)40-16-19-9-5-8-17-7-3-4-10-20(17)19/h3-15,25,34H,16H2,1-2H3/b26-24+. The summed E-state index contributed by atoms with van der Waals surface area (Å²) in [6.07, 6.45) is 0. The smallest absolute Gasteiger partial charge is 0.301 e. The molecule has 3 aromatic carbocycles. The number of rotatable bonds is 8. The van der Waals surface area contributed by atoms with Gasteiger partial charge in [-0.2, -0.15) is 0 Å². The largest absolute Gasteiger partial charge is 0.507 e. The number of amides is 1. The molecule has 41 heavy (non-hydrogen) atoms. The molecule has 2 aromatic heterocycles. The van der Waals surface area contributed by atoms with Crippen LogP contribution in [0.25, 0.3) is 16.5 Å². The van der Waals surface area contributed by atoms with Crippen LogP contribution < -0.4 is 14.4 Å². The molecule has 1 saturated heterocycles. The number of thiophene rings is 1. The van der Waals surface area contributed by atoms with Crippen LogP contribution in [-0.2, 0) is 15.3 Å². The molecule has 1 fully saturated rings. The molecule has 1 aliphatic rings. The molecule has 0 saturated carbocycles. The quantitative estimate of drug-likeness (QED) is 0.0690. The summed E-state index contributed by atoms with van der Waals surface area (Å²) < 4.78 is 11.3. The highest BCUT2D eigenvalue weighted by atomic mass is 32.2. The highest BCUT2D eigenvalue weighted by Gasteiger charge is 2.48. The first-order chi connectivity index (χ1) is 20.0. The lowest BCUT2D eigenvalue weighted by Gasteiger charge is -2.21. The van der Waals surface area contributed by atoms with E-state index < -0.39 is 17.7 Å². The van der Waals surface area contributed by atoms with Crippen molar-refractivity contribution in [1.29, 1.82) is 0 Å². The van der Waals surface area contributed by atoms with E-state index in [1.54, 1.807) is 18.2 Å². The molecule has 1 N–H and O–H groups in total. The fourth-order valence-electron chi connectivity index (χ4n) is 4.80. The van der Waals surface area contributed by atoms with Gasteiger partial charge in [0, 0.05) is 16.2 Å². The molecule has 0 aliphatic carbocycles. The normalized spacial score (nSPS) is 16.4. The number of Topliss-reactive ketones (excluding diaryl/α,β-unsaturated/α-hetero) is 1. The summed E-state index contributed by atoms with van der Waals surface area (Å²) in [4.78, 5) is 28.9. The fourth-order valence-corrected chi connectivity index (χ4v) is 7.50. The van der Waals surface area contributed by atoms with Crippen molar-refractivity contribution < 1.29 is 24.2 Å². The second-order valence-electron chi connectivity index (χ2n) is 9.03. The minimum atomic E-state index is -0.855. The first kappa shape index (κ1) is 27.0.